The van der Waals surface area contributed by atoms with Crippen LogP contribution in [0.5, 0.6) is 11.5 Å². The van der Waals surface area contributed by atoms with Crippen molar-refractivity contribution >= 4 is 29.0 Å². The van der Waals surface area contributed by atoms with Gasteiger partial charge in [0.2, 0.25) is 0 Å². The molecule has 0 fully saturated rings. The molecule has 0 saturated heterocycles. The quantitative estimate of drug-likeness (QED) is 0.506. The van der Waals surface area contributed by atoms with Crippen LogP contribution in [0.1, 0.15) is 34.4 Å². The van der Waals surface area contributed by atoms with Crippen molar-refractivity contribution < 1.29 is 27.4 Å². The minimum absolute atomic E-state index is 0.0521. The number of hydrogen-bond donors (Lipinski definition) is 2. The van der Waals surface area contributed by atoms with Crippen molar-refractivity contribution in [2.75, 3.05) is 24.9 Å². The lowest BCUT2D eigenvalue weighted by atomic mass is 9.96. The van der Waals surface area contributed by atoms with Crippen LogP contribution in [0.15, 0.2) is 42.7 Å². The van der Waals surface area contributed by atoms with Crippen LogP contribution in [0.25, 0.3) is 0 Å². The average molecular weight is 482 g/mol. The molecule has 4 rings (SSSR count). The first-order valence-electron chi connectivity index (χ1n) is 9.77. The highest BCUT2D eigenvalue weighted by atomic mass is 35.5. The summed E-state index contributed by atoms with van der Waals surface area (Å²) < 4.78 is 53.0. The summed E-state index contributed by atoms with van der Waals surface area (Å²) in [7, 11) is 2.91. The maximum absolute atomic E-state index is 13.9. The van der Waals surface area contributed by atoms with Crippen LogP contribution in [0.4, 0.5) is 24.7 Å². The van der Waals surface area contributed by atoms with Crippen LogP contribution in [0, 0.1) is 0 Å². The number of anilines is 2. The number of methoxy groups -OCH3 is 2. The van der Waals surface area contributed by atoms with Crippen molar-refractivity contribution in [1.29, 1.82) is 0 Å². The van der Waals surface area contributed by atoms with E-state index in [0.717, 1.165) is 10.9 Å². The first-order chi connectivity index (χ1) is 15.7. The van der Waals surface area contributed by atoms with Gasteiger partial charge in [0.25, 0.3) is 5.91 Å². The number of halogens is 4. The van der Waals surface area contributed by atoms with Crippen molar-refractivity contribution in [2.24, 2.45) is 0 Å². The second-order valence-electron chi connectivity index (χ2n) is 7.25. The Kier molecular flexibility index (Phi) is 6.07. The zero-order valence-electron chi connectivity index (χ0n) is 17.5. The van der Waals surface area contributed by atoms with Gasteiger partial charge in [-0.15, -0.1) is 0 Å². The summed E-state index contributed by atoms with van der Waals surface area (Å²) in [6.45, 7) is 0. The molecule has 12 heteroatoms. The lowest BCUT2D eigenvalue weighted by Gasteiger charge is -2.34. The number of alkyl halides is 3. The highest BCUT2D eigenvalue weighted by Crippen LogP contribution is 2.45. The average Bonchev–Trinajstić information content (AvgIpc) is 3.22. The number of fused-ring (bicyclic) bond motifs is 1. The van der Waals surface area contributed by atoms with E-state index < -0.39 is 24.2 Å². The topological polar surface area (TPSA) is 90.3 Å². The second kappa shape index (κ2) is 8.81. The molecule has 0 bridgehead atoms. The van der Waals surface area contributed by atoms with Crippen molar-refractivity contribution in [3.05, 3.63) is 59.0 Å². The Labute approximate surface area is 191 Å². The Hall–Kier alpha value is -3.47. The van der Waals surface area contributed by atoms with E-state index in [1.807, 2.05) is 0 Å². The zero-order valence-corrected chi connectivity index (χ0v) is 18.2. The molecule has 2 aromatic heterocycles. The third-order valence-corrected chi connectivity index (χ3v) is 5.60. The van der Waals surface area contributed by atoms with Crippen molar-refractivity contribution in [2.45, 2.75) is 24.7 Å². The molecule has 1 aliphatic heterocycles. The molecular formula is C21H19ClF3N5O3. The lowest BCUT2D eigenvalue weighted by Crippen LogP contribution is -2.36. The van der Waals surface area contributed by atoms with E-state index in [-0.39, 0.29) is 28.6 Å². The number of nitrogens with zero attached hydrogens (tertiary/aromatic N) is 3. The van der Waals surface area contributed by atoms with Crippen LogP contribution in [0.3, 0.4) is 0 Å². The highest BCUT2D eigenvalue weighted by molar-refractivity contribution is 6.32. The second-order valence-corrected chi connectivity index (χ2v) is 7.61. The Morgan fingerprint density at radius 2 is 2.00 bits per heavy atom. The molecule has 1 aliphatic rings. The maximum Gasteiger partial charge on any atom is 0.410 e. The van der Waals surface area contributed by atoms with Gasteiger partial charge in [0.05, 0.1) is 32.1 Å². The maximum atomic E-state index is 13.9. The number of hydrogen-bond acceptors (Lipinski definition) is 6. The molecule has 0 spiro atoms. The molecule has 0 saturated carbocycles. The molecule has 2 atom stereocenters. The third-order valence-electron chi connectivity index (χ3n) is 5.30. The number of ether oxygens (including phenoxy) is 2. The summed E-state index contributed by atoms with van der Waals surface area (Å²) in [5.41, 5.74) is 0.703. The largest absolute Gasteiger partial charge is 0.493 e. The predicted octanol–water partition coefficient (Wildman–Crippen LogP) is 4.86. The first-order valence-corrected chi connectivity index (χ1v) is 10.1. The molecule has 33 heavy (non-hydrogen) atoms. The molecule has 1 aromatic carbocycles. The van der Waals surface area contributed by atoms with Crippen LogP contribution < -0.4 is 20.1 Å². The van der Waals surface area contributed by atoms with E-state index in [1.165, 1.54) is 26.5 Å². The fourth-order valence-electron chi connectivity index (χ4n) is 3.69. The predicted molar refractivity (Wildman–Crippen MR) is 115 cm³/mol. The van der Waals surface area contributed by atoms with E-state index in [1.54, 1.807) is 24.3 Å². The molecular weight excluding hydrogens is 463 g/mol. The third kappa shape index (κ3) is 4.40. The van der Waals surface area contributed by atoms with Crippen molar-refractivity contribution in [3.8, 4) is 11.5 Å². The zero-order chi connectivity index (χ0) is 23.8. The number of pyridine rings is 1. The van der Waals surface area contributed by atoms with Crippen molar-refractivity contribution in [3.63, 3.8) is 0 Å². The molecule has 174 valence electrons. The van der Waals surface area contributed by atoms with Gasteiger partial charge >= 0.3 is 6.18 Å². The van der Waals surface area contributed by atoms with Gasteiger partial charge in [-0.3, -0.25) is 4.79 Å². The molecule has 2 N–H and O–H groups in total. The van der Waals surface area contributed by atoms with E-state index in [4.69, 9.17) is 21.1 Å². The number of benzene rings is 1. The Balaban J connectivity index is 1.71. The molecule has 0 unspecified atom stereocenters. The first kappa shape index (κ1) is 22.7. The summed E-state index contributed by atoms with van der Waals surface area (Å²) in [6.07, 6.45) is -2.37. The summed E-state index contributed by atoms with van der Waals surface area (Å²) in [4.78, 5) is 16.7. The standard InChI is InChI=1S/C21H19ClF3N5O3/c1-32-15-6-5-11(8-16(15)33-2)14-9-17(21(23,24)25)30-19(28-14)12(10-27-30)20(31)29-13-4-3-7-26-18(13)22/h3-8,10,14,17,28H,9H2,1-2H3,(H,29,31)/t14-,17-/m1/s1. The number of carbonyl (C=O) groups excluding carboxylic acids is 1. The van der Waals surface area contributed by atoms with Crippen molar-refractivity contribution in [1.82, 2.24) is 14.8 Å². The van der Waals surface area contributed by atoms with E-state index in [9.17, 15) is 18.0 Å². The Morgan fingerprint density at radius 3 is 2.67 bits per heavy atom. The van der Waals surface area contributed by atoms with Crippen LogP contribution >= 0.6 is 11.6 Å². The summed E-state index contributed by atoms with van der Waals surface area (Å²) in [5, 5.41) is 9.50. The Morgan fingerprint density at radius 1 is 1.24 bits per heavy atom. The summed E-state index contributed by atoms with van der Waals surface area (Å²) >= 11 is 5.98. The molecule has 3 aromatic rings. The van der Waals surface area contributed by atoms with E-state index in [0.29, 0.717) is 17.1 Å². The SMILES string of the molecule is COc1ccc([C@H]2C[C@H](C(F)(F)F)n3ncc(C(=O)Nc4cccnc4Cl)c3N2)cc1OC. The highest BCUT2D eigenvalue weighted by Gasteiger charge is 2.47. The van der Waals surface area contributed by atoms with E-state index in [2.05, 4.69) is 20.7 Å². The van der Waals surface area contributed by atoms with Crippen LogP contribution in [-0.2, 0) is 0 Å². The number of aromatic nitrogens is 3. The molecule has 3 heterocycles. The minimum Gasteiger partial charge on any atom is -0.493 e. The molecule has 0 aliphatic carbocycles. The van der Waals surface area contributed by atoms with E-state index >= 15 is 0 Å². The molecule has 0 radical (unpaired) electrons. The smallest absolute Gasteiger partial charge is 0.410 e. The fraction of sp³-hybridized carbons (Fsp3) is 0.286. The monoisotopic (exact) mass is 481 g/mol. The van der Waals surface area contributed by atoms with Gasteiger partial charge in [0, 0.05) is 12.6 Å². The van der Waals surface area contributed by atoms with Gasteiger partial charge in [0.15, 0.2) is 22.7 Å². The fourth-order valence-corrected chi connectivity index (χ4v) is 3.85. The van der Waals surface area contributed by atoms with Gasteiger partial charge in [0.1, 0.15) is 11.4 Å². The van der Waals surface area contributed by atoms with Gasteiger partial charge in [-0.2, -0.15) is 18.3 Å². The van der Waals surface area contributed by atoms with Crippen LogP contribution in [0.2, 0.25) is 5.15 Å². The number of amides is 1. The lowest BCUT2D eigenvalue weighted by molar-refractivity contribution is -0.173. The summed E-state index contributed by atoms with van der Waals surface area (Å²) in [6, 6.07) is 5.26. The van der Waals surface area contributed by atoms with Gasteiger partial charge in [-0.25, -0.2) is 9.67 Å². The molecule has 8 nitrogen and oxygen atoms in total. The number of carbonyl (C=O) groups is 1. The minimum atomic E-state index is -4.59. The van der Waals surface area contributed by atoms with Gasteiger partial charge < -0.3 is 20.1 Å². The van der Waals surface area contributed by atoms with Gasteiger partial charge in [-0.1, -0.05) is 17.7 Å². The molecule has 1 amide bonds. The number of rotatable bonds is 5. The Bertz CT molecular complexity index is 1180. The van der Waals surface area contributed by atoms with Gasteiger partial charge in [-0.05, 0) is 29.8 Å². The summed E-state index contributed by atoms with van der Waals surface area (Å²) in [5.74, 6) is 0.0972. The number of nitrogens with one attached hydrogen (secondary N) is 2. The van der Waals surface area contributed by atoms with Crippen LogP contribution in [-0.4, -0.2) is 41.1 Å². The normalized spacial score (nSPS) is 17.6.